The number of hydrogen-bond acceptors (Lipinski definition) is 6. The van der Waals surface area contributed by atoms with E-state index in [0.717, 1.165) is 0 Å². The van der Waals surface area contributed by atoms with Crippen LogP contribution in [0.4, 0.5) is 0 Å². The molecule has 0 aromatic heterocycles. The van der Waals surface area contributed by atoms with Crippen molar-refractivity contribution in [2.75, 3.05) is 0 Å². The van der Waals surface area contributed by atoms with Crippen LogP contribution < -0.4 is 0 Å². The lowest BCUT2D eigenvalue weighted by Crippen LogP contribution is -1.88. The van der Waals surface area contributed by atoms with E-state index in [9.17, 15) is 30.6 Å². The third-order valence-corrected chi connectivity index (χ3v) is 2.73. The van der Waals surface area contributed by atoms with Crippen LogP contribution in [-0.4, -0.2) is 30.6 Å². The monoisotopic (exact) mass is 276 g/mol. The molecule has 0 amide bonds. The molecule has 0 heterocycles. The number of aromatic hydroxyl groups is 5. The molecule has 0 aliphatic heterocycles. The van der Waals surface area contributed by atoms with E-state index >= 15 is 0 Å². The normalized spacial score (nSPS) is 11.5. The standard InChI is InChI=1S/C14H12O6/c15-8(6-7-4-2-1-3-5-7)9-10(16)12(18)14(20)13(19)11(9)17/h1-6,15-20H/b8-6+. The van der Waals surface area contributed by atoms with Crippen molar-refractivity contribution in [2.24, 2.45) is 0 Å². The first kappa shape index (κ1) is 13.4. The molecule has 20 heavy (non-hydrogen) atoms. The minimum Gasteiger partial charge on any atom is -0.507 e. The second-order valence-corrected chi connectivity index (χ2v) is 4.06. The lowest BCUT2D eigenvalue weighted by atomic mass is 10.1. The summed E-state index contributed by atoms with van der Waals surface area (Å²) in [5, 5.41) is 57.3. The van der Waals surface area contributed by atoms with Crippen molar-refractivity contribution in [1.82, 2.24) is 0 Å². The molecule has 0 aliphatic carbocycles. The van der Waals surface area contributed by atoms with Gasteiger partial charge in [0.2, 0.25) is 17.2 Å². The van der Waals surface area contributed by atoms with Crippen molar-refractivity contribution in [2.45, 2.75) is 0 Å². The average Bonchev–Trinajstić information content (AvgIpc) is 2.44. The fourth-order valence-corrected chi connectivity index (χ4v) is 1.71. The second kappa shape index (κ2) is 4.93. The molecule has 0 bridgehead atoms. The van der Waals surface area contributed by atoms with Crippen LogP contribution in [-0.2, 0) is 0 Å². The fraction of sp³-hybridized carbons (Fsp3) is 0. The van der Waals surface area contributed by atoms with E-state index in [2.05, 4.69) is 0 Å². The van der Waals surface area contributed by atoms with E-state index in [1.165, 1.54) is 6.08 Å². The zero-order valence-corrected chi connectivity index (χ0v) is 10.1. The van der Waals surface area contributed by atoms with Gasteiger partial charge in [0, 0.05) is 0 Å². The zero-order chi connectivity index (χ0) is 14.9. The minimum absolute atomic E-state index is 0.566. The highest BCUT2D eigenvalue weighted by molar-refractivity contribution is 5.86. The maximum atomic E-state index is 9.91. The molecule has 104 valence electrons. The number of rotatable bonds is 2. The topological polar surface area (TPSA) is 121 Å². The first-order chi connectivity index (χ1) is 9.43. The van der Waals surface area contributed by atoms with Crippen molar-refractivity contribution < 1.29 is 30.6 Å². The van der Waals surface area contributed by atoms with E-state index in [1.54, 1.807) is 30.3 Å². The third kappa shape index (κ3) is 2.14. The smallest absolute Gasteiger partial charge is 0.208 e. The number of hydrogen-bond donors (Lipinski definition) is 6. The summed E-state index contributed by atoms with van der Waals surface area (Å²) in [6.07, 6.45) is 1.21. The molecule has 0 saturated carbocycles. The van der Waals surface area contributed by atoms with Crippen molar-refractivity contribution >= 4 is 11.8 Å². The second-order valence-electron chi connectivity index (χ2n) is 4.06. The quantitative estimate of drug-likeness (QED) is 0.216. The lowest BCUT2D eigenvalue weighted by molar-refractivity contribution is 0.325. The Hall–Kier alpha value is -3.02. The summed E-state index contributed by atoms with van der Waals surface area (Å²) >= 11 is 0. The van der Waals surface area contributed by atoms with Gasteiger partial charge in [0.05, 0.1) is 0 Å². The van der Waals surface area contributed by atoms with Crippen molar-refractivity contribution in [3.05, 3.63) is 41.5 Å². The van der Waals surface area contributed by atoms with Crippen LogP contribution in [0, 0.1) is 0 Å². The first-order valence-electron chi connectivity index (χ1n) is 5.58. The molecular weight excluding hydrogens is 264 g/mol. The first-order valence-corrected chi connectivity index (χ1v) is 5.58. The zero-order valence-electron chi connectivity index (χ0n) is 10.1. The molecule has 6 nitrogen and oxygen atoms in total. The largest absolute Gasteiger partial charge is 0.507 e. The Morgan fingerprint density at radius 1 is 0.700 bits per heavy atom. The number of aliphatic hydroxyl groups is 1. The van der Waals surface area contributed by atoms with Gasteiger partial charge in [-0.25, -0.2) is 0 Å². The molecule has 0 aliphatic rings. The predicted molar refractivity (Wildman–Crippen MR) is 71.7 cm³/mol. The highest BCUT2D eigenvalue weighted by Gasteiger charge is 2.25. The average molecular weight is 276 g/mol. The van der Waals surface area contributed by atoms with E-state index in [1.807, 2.05) is 0 Å². The van der Waals surface area contributed by atoms with Crippen LogP contribution in [0.3, 0.4) is 0 Å². The molecule has 6 heteroatoms. The van der Waals surface area contributed by atoms with Gasteiger partial charge < -0.3 is 30.6 Å². The molecule has 2 aromatic rings. The van der Waals surface area contributed by atoms with Gasteiger partial charge in [-0.05, 0) is 11.6 Å². The highest BCUT2D eigenvalue weighted by Crippen LogP contribution is 2.52. The van der Waals surface area contributed by atoms with Crippen LogP contribution in [0.15, 0.2) is 30.3 Å². The SMILES string of the molecule is O/C(=C/c1ccccc1)c1c(O)c(O)c(O)c(O)c1O. The Bertz CT molecular complexity index is 647. The van der Waals surface area contributed by atoms with E-state index in [4.69, 9.17) is 0 Å². The van der Waals surface area contributed by atoms with Crippen LogP contribution in [0.1, 0.15) is 11.1 Å². The number of phenolic OH excluding ortho intramolecular Hbond substituents is 5. The fourth-order valence-electron chi connectivity index (χ4n) is 1.71. The van der Waals surface area contributed by atoms with Crippen LogP contribution >= 0.6 is 0 Å². The molecule has 2 aromatic carbocycles. The summed E-state index contributed by atoms with van der Waals surface area (Å²) < 4.78 is 0. The lowest BCUT2D eigenvalue weighted by Gasteiger charge is -2.11. The molecule has 0 radical (unpaired) electrons. The summed E-state index contributed by atoms with van der Waals surface area (Å²) in [6.45, 7) is 0. The Morgan fingerprint density at radius 3 is 1.65 bits per heavy atom. The van der Waals surface area contributed by atoms with Gasteiger partial charge in [-0.15, -0.1) is 0 Å². The Labute approximate surface area is 113 Å². The number of benzene rings is 2. The van der Waals surface area contributed by atoms with Crippen molar-refractivity contribution in [3.8, 4) is 28.7 Å². The molecule has 0 spiro atoms. The molecule has 0 unspecified atom stereocenters. The Kier molecular flexibility index (Phi) is 3.30. The summed E-state index contributed by atoms with van der Waals surface area (Å²) in [5.41, 5.74) is -0.0162. The van der Waals surface area contributed by atoms with Gasteiger partial charge in [-0.3, -0.25) is 0 Å². The summed E-state index contributed by atoms with van der Waals surface area (Å²) in [6, 6.07) is 8.51. The van der Waals surface area contributed by atoms with Gasteiger partial charge in [-0.2, -0.15) is 0 Å². The van der Waals surface area contributed by atoms with E-state index < -0.39 is 40.1 Å². The molecule has 6 N–H and O–H groups in total. The van der Waals surface area contributed by atoms with Crippen LogP contribution in [0.2, 0.25) is 0 Å². The van der Waals surface area contributed by atoms with Gasteiger partial charge >= 0.3 is 0 Å². The van der Waals surface area contributed by atoms with Crippen LogP contribution in [0.5, 0.6) is 28.7 Å². The third-order valence-electron chi connectivity index (χ3n) is 2.73. The van der Waals surface area contributed by atoms with Gasteiger partial charge in [-0.1, -0.05) is 30.3 Å². The molecule has 2 rings (SSSR count). The highest BCUT2D eigenvalue weighted by atomic mass is 16.4. The van der Waals surface area contributed by atoms with Crippen molar-refractivity contribution in [3.63, 3.8) is 0 Å². The Morgan fingerprint density at radius 2 is 1.15 bits per heavy atom. The van der Waals surface area contributed by atoms with Crippen molar-refractivity contribution in [1.29, 1.82) is 0 Å². The van der Waals surface area contributed by atoms with Gasteiger partial charge in [0.15, 0.2) is 11.5 Å². The maximum Gasteiger partial charge on any atom is 0.208 e. The number of aliphatic hydroxyl groups excluding tert-OH is 1. The maximum absolute atomic E-state index is 9.91. The van der Waals surface area contributed by atoms with Gasteiger partial charge in [0.1, 0.15) is 11.3 Å². The molecule has 0 saturated heterocycles. The number of phenols is 5. The van der Waals surface area contributed by atoms with Gasteiger partial charge in [0.25, 0.3) is 0 Å². The van der Waals surface area contributed by atoms with E-state index in [0.29, 0.717) is 5.56 Å². The summed E-state index contributed by atoms with van der Waals surface area (Å²) in [4.78, 5) is 0. The molecular formula is C14H12O6. The molecule has 0 atom stereocenters. The predicted octanol–water partition coefficient (Wildman–Crippen LogP) is 2.27. The minimum atomic E-state index is -1.07. The summed E-state index contributed by atoms with van der Waals surface area (Å²) in [7, 11) is 0. The van der Waals surface area contributed by atoms with Crippen LogP contribution in [0.25, 0.3) is 11.8 Å². The van der Waals surface area contributed by atoms with E-state index in [-0.39, 0.29) is 0 Å². The summed E-state index contributed by atoms with van der Waals surface area (Å²) in [5.74, 6) is -5.62. The Balaban J connectivity index is 2.62. The molecule has 0 fully saturated rings.